The van der Waals surface area contributed by atoms with E-state index in [4.69, 9.17) is 14.4 Å². The molecule has 8 nitrogen and oxygen atoms in total. The van der Waals surface area contributed by atoms with Crippen LogP contribution < -0.4 is 10.1 Å². The van der Waals surface area contributed by atoms with Gasteiger partial charge in [0.05, 0.1) is 6.42 Å². The molecule has 1 aromatic carbocycles. The molecule has 128 valence electrons. The van der Waals surface area contributed by atoms with E-state index in [1.54, 1.807) is 31.2 Å². The number of hydrogen-bond donors (Lipinski definition) is 2. The lowest BCUT2D eigenvalue weighted by atomic mass is 10.1. The zero-order valence-electron chi connectivity index (χ0n) is 13.5. The molecule has 1 unspecified atom stereocenters. The van der Waals surface area contributed by atoms with Crippen LogP contribution in [0.5, 0.6) is 5.75 Å². The summed E-state index contributed by atoms with van der Waals surface area (Å²) in [6.45, 7) is 3.73. The number of amides is 1. The minimum atomic E-state index is -0.959. The molecule has 2 aromatic rings. The van der Waals surface area contributed by atoms with Crippen molar-refractivity contribution in [2.24, 2.45) is 0 Å². The van der Waals surface area contributed by atoms with Crippen molar-refractivity contribution in [1.82, 2.24) is 15.5 Å². The van der Waals surface area contributed by atoms with Gasteiger partial charge in [-0.2, -0.15) is 4.98 Å². The van der Waals surface area contributed by atoms with E-state index in [9.17, 15) is 9.59 Å². The Bertz CT molecular complexity index is 696. The first kappa shape index (κ1) is 17.5. The number of ether oxygens (including phenoxy) is 1. The van der Waals surface area contributed by atoms with Crippen LogP contribution in [0.15, 0.2) is 28.8 Å². The predicted octanol–water partition coefficient (Wildman–Crippen LogP) is 1.80. The summed E-state index contributed by atoms with van der Waals surface area (Å²) in [4.78, 5) is 26.7. The summed E-state index contributed by atoms with van der Waals surface area (Å²) in [7, 11) is 0. The van der Waals surface area contributed by atoms with Gasteiger partial charge in [0.2, 0.25) is 11.7 Å². The number of carbonyl (C=O) groups excluding carboxylic acids is 1. The molecule has 1 aromatic heterocycles. The Morgan fingerprint density at radius 3 is 2.62 bits per heavy atom. The highest BCUT2D eigenvalue weighted by molar-refractivity contribution is 5.94. The fourth-order valence-electron chi connectivity index (χ4n) is 1.96. The van der Waals surface area contributed by atoms with Gasteiger partial charge in [-0.3, -0.25) is 9.59 Å². The molecule has 2 N–H and O–H groups in total. The van der Waals surface area contributed by atoms with Gasteiger partial charge in [-0.05, 0) is 31.2 Å². The number of carbonyl (C=O) groups is 2. The molecule has 1 atom stereocenters. The molecule has 2 rings (SSSR count). The second-order valence-electron chi connectivity index (χ2n) is 5.24. The third-order valence-electron chi connectivity index (χ3n) is 3.16. The molecule has 1 heterocycles. The van der Waals surface area contributed by atoms with Crippen molar-refractivity contribution >= 4 is 11.9 Å². The second kappa shape index (κ2) is 8.09. The predicted molar refractivity (Wildman–Crippen MR) is 83.6 cm³/mol. The van der Waals surface area contributed by atoms with E-state index in [2.05, 4.69) is 15.5 Å². The third-order valence-corrected chi connectivity index (χ3v) is 3.16. The molecule has 24 heavy (non-hydrogen) atoms. The number of aliphatic carboxylic acids is 1. The number of rotatable bonds is 8. The lowest BCUT2D eigenvalue weighted by Gasteiger charge is -2.11. The fourth-order valence-corrected chi connectivity index (χ4v) is 1.96. The summed E-state index contributed by atoms with van der Waals surface area (Å²) in [6.07, 6.45) is 0.536. The van der Waals surface area contributed by atoms with Crippen molar-refractivity contribution in [2.45, 2.75) is 39.3 Å². The van der Waals surface area contributed by atoms with E-state index in [1.807, 2.05) is 6.92 Å². The summed E-state index contributed by atoms with van der Waals surface area (Å²) < 4.78 is 10.5. The molecule has 1 amide bonds. The van der Waals surface area contributed by atoms with Crippen molar-refractivity contribution in [3.8, 4) is 5.75 Å². The molecule has 8 heteroatoms. The van der Waals surface area contributed by atoms with Crippen LogP contribution in [-0.4, -0.2) is 33.2 Å². The average molecular weight is 333 g/mol. The molecule has 0 aliphatic heterocycles. The summed E-state index contributed by atoms with van der Waals surface area (Å²) in [6, 6.07) is 6.06. The molecule has 0 spiro atoms. The molecule has 0 saturated carbocycles. The maximum atomic E-state index is 12.0. The standard InChI is InChI=1S/C16H19N3O5/c1-3-14-18-13(19-24-14)9-23-12-6-4-11(5-7-12)16(22)17-10(2)8-15(20)21/h4-7,10H,3,8-9H2,1-2H3,(H,17,22)(H,20,21). The first-order chi connectivity index (χ1) is 11.5. The Kier molecular flexibility index (Phi) is 5.89. The monoisotopic (exact) mass is 333 g/mol. The maximum absolute atomic E-state index is 12.0. The van der Waals surface area contributed by atoms with Crippen LogP contribution in [0.1, 0.15) is 42.3 Å². The van der Waals surface area contributed by atoms with Crippen molar-refractivity contribution < 1.29 is 24.0 Å². The zero-order valence-corrected chi connectivity index (χ0v) is 13.5. The van der Waals surface area contributed by atoms with Gasteiger partial charge in [-0.15, -0.1) is 0 Å². The lowest BCUT2D eigenvalue weighted by Crippen LogP contribution is -2.34. The Hall–Kier alpha value is -2.90. The van der Waals surface area contributed by atoms with E-state index < -0.39 is 12.0 Å². The second-order valence-corrected chi connectivity index (χ2v) is 5.24. The number of carboxylic acid groups (broad SMARTS) is 1. The van der Waals surface area contributed by atoms with Crippen LogP contribution >= 0.6 is 0 Å². The van der Waals surface area contributed by atoms with Crippen molar-refractivity contribution in [2.75, 3.05) is 0 Å². The van der Waals surface area contributed by atoms with Gasteiger partial charge < -0.3 is 19.7 Å². The summed E-state index contributed by atoms with van der Waals surface area (Å²) in [5.74, 6) is 0.278. The molecule has 0 fully saturated rings. The normalized spacial score (nSPS) is 11.8. The van der Waals surface area contributed by atoms with Gasteiger partial charge in [0.25, 0.3) is 5.91 Å². The van der Waals surface area contributed by atoms with Gasteiger partial charge in [-0.25, -0.2) is 0 Å². The molecule has 0 bridgehead atoms. The van der Waals surface area contributed by atoms with Gasteiger partial charge in [0.15, 0.2) is 6.61 Å². The van der Waals surface area contributed by atoms with Crippen LogP contribution in [0.2, 0.25) is 0 Å². The van der Waals surface area contributed by atoms with Gasteiger partial charge in [0, 0.05) is 18.0 Å². The highest BCUT2D eigenvalue weighted by Crippen LogP contribution is 2.14. The smallest absolute Gasteiger partial charge is 0.305 e. The topological polar surface area (TPSA) is 115 Å². The SMILES string of the molecule is CCc1nc(COc2ccc(C(=O)NC(C)CC(=O)O)cc2)no1. The molecule has 0 aliphatic carbocycles. The maximum Gasteiger partial charge on any atom is 0.305 e. The number of nitrogens with zero attached hydrogens (tertiary/aromatic N) is 2. The first-order valence-electron chi connectivity index (χ1n) is 7.55. The molecular formula is C16H19N3O5. The van der Waals surface area contributed by atoms with E-state index >= 15 is 0 Å². The summed E-state index contributed by atoms with van der Waals surface area (Å²) in [5, 5.41) is 15.1. The van der Waals surface area contributed by atoms with E-state index in [0.29, 0.717) is 29.4 Å². The van der Waals surface area contributed by atoms with Crippen molar-refractivity contribution in [3.05, 3.63) is 41.5 Å². The largest absolute Gasteiger partial charge is 0.485 e. The fraction of sp³-hybridized carbons (Fsp3) is 0.375. The number of benzene rings is 1. The van der Waals surface area contributed by atoms with Gasteiger partial charge in [0.1, 0.15) is 5.75 Å². The highest BCUT2D eigenvalue weighted by Gasteiger charge is 2.12. The average Bonchev–Trinajstić information content (AvgIpc) is 3.00. The quantitative estimate of drug-likeness (QED) is 0.757. The number of aromatic nitrogens is 2. The molecule has 0 saturated heterocycles. The summed E-state index contributed by atoms with van der Waals surface area (Å²) >= 11 is 0. The number of hydrogen-bond acceptors (Lipinski definition) is 6. The van der Waals surface area contributed by atoms with Crippen LogP contribution in [-0.2, 0) is 17.8 Å². The van der Waals surface area contributed by atoms with Crippen LogP contribution in [0.25, 0.3) is 0 Å². The first-order valence-corrected chi connectivity index (χ1v) is 7.55. The Morgan fingerprint density at radius 2 is 2.04 bits per heavy atom. The zero-order chi connectivity index (χ0) is 17.5. The Balaban J connectivity index is 1.87. The Labute approximate surface area is 138 Å². The van der Waals surface area contributed by atoms with Crippen molar-refractivity contribution in [3.63, 3.8) is 0 Å². The number of carboxylic acids is 1. The van der Waals surface area contributed by atoms with E-state index in [1.165, 1.54) is 0 Å². The number of nitrogens with one attached hydrogen (secondary N) is 1. The highest BCUT2D eigenvalue weighted by atomic mass is 16.5. The number of aryl methyl sites for hydroxylation is 1. The van der Waals surface area contributed by atoms with Gasteiger partial charge >= 0.3 is 5.97 Å². The molecular weight excluding hydrogens is 314 g/mol. The minimum Gasteiger partial charge on any atom is -0.485 e. The lowest BCUT2D eigenvalue weighted by molar-refractivity contribution is -0.137. The van der Waals surface area contributed by atoms with Gasteiger partial charge in [-0.1, -0.05) is 12.1 Å². The Morgan fingerprint density at radius 1 is 1.33 bits per heavy atom. The van der Waals surface area contributed by atoms with Crippen molar-refractivity contribution in [1.29, 1.82) is 0 Å². The minimum absolute atomic E-state index is 0.128. The van der Waals surface area contributed by atoms with Crippen LogP contribution in [0, 0.1) is 0 Å². The molecule has 0 aliphatic rings. The van der Waals surface area contributed by atoms with Crippen LogP contribution in [0.4, 0.5) is 0 Å². The van der Waals surface area contributed by atoms with E-state index in [0.717, 1.165) is 0 Å². The van der Waals surface area contributed by atoms with Crippen LogP contribution in [0.3, 0.4) is 0 Å². The van der Waals surface area contributed by atoms with E-state index in [-0.39, 0.29) is 18.9 Å². The summed E-state index contributed by atoms with van der Waals surface area (Å²) in [5.41, 5.74) is 0.424. The molecule has 0 radical (unpaired) electrons. The third kappa shape index (κ3) is 5.08.